The number of nitrogens with zero attached hydrogens (tertiary/aromatic N) is 2. The molecule has 4 heteroatoms. The van der Waals surface area contributed by atoms with Gasteiger partial charge in [0.25, 0.3) is 0 Å². The molecule has 0 atom stereocenters. The molecule has 0 aliphatic rings. The van der Waals surface area contributed by atoms with E-state index in [0.29, 0.717) is 0 Å². The van der Waals surface area contributed by atoms with Gasteiger partial charge in [-0.15, -0.1) is 11.3 Å². The molecule has 4 aromatic heterocycles. The Balaban J connectivity index is 1.03. The zero-order chi connectivity index (χ0) is 37.9. The van der Waals surface area contributed by atoms with Crippen LogP contribution in [0.15, 0.2) is 199 Å². The van der Waals surface area contributed by atoms with Gasteiger partial charge in [-0.1, -0.05) is 109 Å². The van der Waals surface area contributed by atoms with Crippen molar-refractivity contribution in [2.24, 2.45) is 0 Å². The predicted molar refractivity (Wildman–Crippen MR) is 246 cm³/mol. The normalized spacial score (nSPS) is 12.1. The van der Waals surface area contributed by atoms with Crippen molar-refractivity contribution >= 4 is 97.1 Å². The van der Waals surface area contributed by atoms with Gasteiger partial charge in [0.2, 0.25) is 0 Å². The maximum Gasteiger partial charge on any atom is 0.135 e. The van der Waals surface area contributed by atoms with Gasteiger partial charge in [0.15, 0.2) is 0 Å². The zero-order valence-electron chi connectivity index (χ0n) is 31.2. The van der Waals surface area contributed by atoms with Crippen molar-refractivity contribution in [1.82, 2.24) is 9.13 Å². The first kappa shape index (κ1) is 31.8. The third-order valence-corrected chi connectivity index (χ3v) is 13.3. The average Bonchev–Trinajstić information content (AvgIpc) is 4.03. The Bertz CT molecular complexity index is 3800. The molecule has 0 amide bonds. The SMILES string of the molecule is c1ccc(-n2c3ccccc3c3cc(-c4ccc5c(c4)c4ccccc4n5-c4cc(-c5ccc6oc7ccccc7c6c5)c5sc6ccccc6c5c4)ccc32)cc1. The van der Waals surface area contributed by atoms with E-state index in [1.807, 2.05) is 17.4 Å². The lowest BCUT2D eigenvalue weighted by molar-refractivity contribution is 0.669. The van der Waals surface area contributed by atoms with E-state index in [0.717, 1.165) is 27.6 Å². The summed E-state index contributed by atoms with van der Waals surface area (Å²) in [5.41, 5.74) is 13.8. The fourth-order valence-corrected chi connectivity index (χ4v) is 10.7. The number of fused-ring (bicyclic) bond motifs is 12. The van der Waals surface area contributed by atoms with Gasteiger partial charge in [-0.2, -0.15) is 0 Å². The van der Waals surface area contributed by atoms with Crippen LogP contribution < -0.4 is 0 Å². The van der Waals surface area contributed by atoms with E-state index in [9.17, 15) is 0 Å². The summed E-state index contributed by atoms with van der Waals surface area (Å²) in [5, 5.41) is 9.83. The highest BCUT2D eigenvalue weighted by Crippen LogP contribution is 2.45. The van der Waals surface area contributed by atoms with Crippen molar-refractivity contribution in [2.45, 2.75) is 0 Å². The molecular weight excluding hydrogens is 725 g/mol. The van der Waals surface area contributed by atoms with Gasteiger partial charge in [0.1, 0.15) is 11.2 Å². The number of rotatable bonds is 4. The molecule has 58 heavy (non-hydrogen) atoms. The van der Waals surface area contributed by atoms with Crippen LogP contribution in [0.4, 0.5) is 0 Å². The topological polar surface area (TPSA) is 23.0 Å². The molecule has 3 nitrogen and oxygen atoms in total. The lowest BCUT2D eigenvalue weighted by Crippen LogP contribution is -1.95. The Labute approximate surface area is 336 Å². The Morgan fingerprint density at radius 1 is 0.328 bits per heavy atom. The molecule has 0 N–H and O–H groups in total. The quantitative estimate of drug-likeness (QED) is 0.175. The second-order valence-corrected chi connectivity index (χ2v) is 16.3. The number of furan rings is 1. The summed E-state index contributed by atoms with van der Waals surface area (Å²) in [5.74, 6) is 0. The summed E-state index contributed by atoms with van der Waals surface area (Å²) in [4.78, 5) is 0. The van der Waals surface area contributed by atoms with Crippen LogP contribution in [0.5, 0.6) is 0 Å². The molecule has 0 spiro atoms. The van der Waals surface area contributed by atoms with Crippen molar-refractivity contribution in [3.05, 3.63) is 194 Å². The fraction of sp³-hybridized carbons (Fsp3) is 0. The van der Waals surface area contributed by atoms with Crippen LogP contribution in [0.2, 0.25) is 0 Å². The second-order valence-electron chi connectivity index (χ2n) is 15.3. The molecule has 0 radical (unpaired) electrons. The van der Waals surface area contributed by atoms with Crippen LogP contribution in [-0.4, -0.2) is 9.13 Å². The summed E-state index contributed by atoms with van der Waals surface area (Å²) >= 11 is 1.87. The summed E-state index contributed by atoms with van der Waals surface area (Å²) in [7, 11) is 0. The predicted octanol–water partition coefficient (Wildman–Crippen LogP) is 15.5. The minimum Gasteiger partial charge on any atom is -0.456 e. The Morgan fingerprint density at radius 2 is 0.862 bits per heavy atom. The number of aromatic nitrogens is 2. The lowest BCUT2D eigenvalue weighted by Gasteiger charge is -2.13. The molecule has 0 bridgehead atoms. The maximum absolute atomic E-state index is 6.26. The molecule has 0 aliphatic carbocycles. The van der Waals surface area contributed by atoms with E-state index >= 15 is 0 Å². The number of para-hydroxylation sites is 4. The molecule has 13 rings (SSSR count). The number of benzene rings is 9. The lowest BCUT2D eigenvalue weighted by atomic mass is 9.99. The van der Waals surface area contributed by atoms with E-state index in [1.54, 1.807) is 0 Å². The molecular formula is C54H32N2OS. The molecule has 270 valence electrons. The third-order valence-electron chi connectivity index (χ3n) is 12.1. The summed E-state index contributed by atoms with van der Waals surface area (Å²) in [6.45, 7) is 0. The van der Waals surface area contributed by atoms with Crippen LogP contribution in [0, 0.1) is 0 Å². The van der Waals surface area contributed by atoms with Crippen molar-refractivity contribution in [3.8, 4) is 33.6 Å². The van der Waals surface area contributed by atoms with Crippen molar-refractivity contribution < 1.29 is 4.42 Å². The zero-order valence-corrected chi connectivity index (χ0v) is 32.0. The van der Waals surface area contributed by atoms with Gasteiger partial charge < -0.3 is 13.6 Å². The molecule has 4 heterocycles. The largest absolute Gasteiger partial charge is 0.456 e. The molecule has 13 aromatic rings. The highest BCUT2D eigenvalue weighted by molar-refractivity contribution is 7.26. The van der Waals surface area contributed by atoms with Crippen LogP contribution in [0.1, 0.15) is 0 Å². The Morgan fingerprint density at radius 3 is 1.59 bits per heavy atom. The van der Waals surface area contributed by atoms with E-state index < -0.39 is 0 Å². The molecule has 0 saturated heterocycles. The molecule has 0 unspecified atom stereocenters. The van der Waals surface area contributed by atoms with Gasteiger partial charge in [-0.3, -0.25) is 0 Å². The van der Waals surface area contributed by atoms with Crippen LogP contribution in [-0.2, 0) is 0 Å². The van der Waals surface area contributed by atoms with Gasteiger partial charge in [0.05, 0.1) is 22.1 Å². The summed E-state index contributed by atoms with van der Waals surface area (Å²) in [6.07, 6.45) is 0. The van der Waals surface area contributed by atoms with Crippen LogP contribution in [0.3, 0.4) is 0 Å². The third kappa shape index (κ3) is 4.55. The minimum absolute atomic E-state index is 0.910. The van der Waals surface area contributed by atoms with Crippen LogP contribution in [0.25, 0.3) is 119 Å². The standard InChI is InChI=1S/C54H32N2OS/c1-2-12-36(13-3-1)55-47-18-8-4-14-38(47)43-28-33(22-25-49(43)55)34-23-26-50-44(29-34)39-15-5-9-19-48(39)56(50)37-31-42(54-46(32-37)41-17-7-11-21-53(41)58-54)35-24-27-52-45(30-35)40-16-6-10-20-51(40)57-52/h1-32H. The van der Waals surface area contributed by atoms with E-state index in [1.165, 1.54) is 91.7 Å². The van der Waals surface area contributed by atoms with E-state index in [4.69, 9.17) is 4.42 Å². The molecule has 0 aliphatic heterocycles. The monoisotopic (exact) mass is 756 g/mol. The minimum atomic E-state index is 0.910. The first-order valence-electron chi connectivity index (χ1n) is 19.7. The van der Waals surface area contributed by atoms with Gasteiger partial charge >= 0.3 is 0 Å². The Kier molecular flexibility index (Phi) is 6.60. The Hall–Kier alpha value is -7.40. The highest BCUT2D eigenvalue weighted by Gasteiger charge is 2.20. The molecule has 0 saturated carbocycles. The van der Waals surface area contributed by atoms with Crippen molar-refractivity contribution in [1.29, 1.82) is 0 Å². The highest BCUT2D eigenvalue weighted by atomic mass is 32.1. The average molecular weight is 757 g/mol. The summed E-state index contributed by atoms with van der Waals surface area (Å²) in [6, 6.07) is 70.8. The van der Waals surface area contributed by atoms with Crippen molar-refractivity contribution in [3.63, 3.8) is 0 Å². The molecule has 0 fully saturated rings. The second kappa shape index (κ2) is 12.1. The van der Waals surface area contributed by atoms with Gasteiger partial charge in [-0.25, -0.2) is 0 Å². The number of hydrogen-bond acceptors (Lipinski definition) is 2. The number of thiophene rings is 1. The van der Waals surface area contributed by atoms with E-state index in [-0.39, 0.29) is 0 Å². The fourth-order valence-electron chi connectivity index (χ4n) is 9.49. The maximum atomic E-state index is 6.26. The number of hydrogen-bond donors (Lipinski definition) is 0. The van der Waals surface area contributed by atoms with Crippen LogP contribution >= 0.6 is 11.3 Å². The van der Waals surface area contributed by atoms with Gasteiger partial charge in [-0.05, 0) is 102 Å². The first-order chi connectivity index (χ1) is 28.7. The van der Waals surface area contributed by atoms with Gasteiger partial charge in [0, 0.05) is 69.4 Å². The summed E-state index contributed by atoms with van der Waals surface area (Å²) < 4.78 is 13.7. The van der Waals surface area contributed by atoms with E-state index in [2.05, 4.69) is 197 Å². The smallest absolute Gasteiger partial charge is 0.135 e. The first-order valence-corrected chi connectivity index (χ1v) is 20.6. The molecule has 9 aromatic carbocycles. The van der Waals surface area contributed by atoms with Crippen molar-refractivity contribution in [2.75, 3.05) is 0 Å².